The molecule has 1 N–H and O–H groups in total. The van der Waals surface area contributed by atoms with Crippen molar-refractivity contribution in [3.8, 4) is 0 Å². The Kier molecular flexibility index (Phi) is 4.59. The van der Waals surface area contributed by atoms with Crippen LogP contribution >= 0.6 is 11.3 Å². The number of nitrogens with zero attached hydrogens (tertiary/aromatic N) is 3. The highest BCUT2D eigenvalue weighted by atomic mass is 32.1. The molecular formula is C13H24N4S. The van der Waals surface area contributed by atoms with Crippen molar-refractivity contribution in [1.29, 1.82) is 0 Å². The number of hydrogen-bond acceptors (Lipinski definition) is 5. The third-order valence-electron chi connectivity index (χ3n) is 3.37. The maximum Gasteiger partial charge on any atom is 0.185 e. The van der Waals surface area contributed by atoms with E-state index in [0.29, 0.717) is 5.41 Å². The summed E-state index contributed by atoms with van der Waals surface area (Å²) in [6, 6.07) is 0. The Bertz CT molecular complexity index is 342. The van der Waals surface area contributed by atoms with Crippen LogP contribution in [0.3, 0.4) is 0 Å². The van der Waals surface area contributed by atoms with Crippen molar-refractivity contribution >= 4 is 16.5 Å². The molecule has 0 atom stereocenters. The highest BCUT2D eigenvalue weighted by Crippen LogP contribution is 2.21. The fourth-order valence-electron chi connectivity index (χ4n) is 2.61. The van der Waals surface area contributed by atoms with Gasteiger partial charge in [0.25, 0.3) is 0 Å². The van der Waals surface area contributed by atoms with Crippen LogP contribution in [0.2, 0.25) is 0 Å². The molecule has 102 valence electrons. The molecule has 1 aliphatic heterocycles. The standard InChI is InChI=1S/C13H24N4S/c1-13(2,10-14-3)11-16-5-7-17(8-6-16)12-15-4-9-18-12/h4,9,14H,5-8,10-11H2,1-3H3. The van der Waals surface area contributed by atoms with Crippen molar-refractivity contribution in [1.82, 2.24) is 15.2 Å². The summed E-state index contributed by atoms with van der Waals surface area (Å²) < 4.78 is 0. The van der Waals surface area contributed by atoms with Crippen LogP contribution in [0.25, 0.3) is 0 Å². The highest BCUT2D eigenvalue weighted by molar-refractivity contribution is 7.13. The minimum atomic E-state index is 0.345. The summed E-state index contributed by atoms with van der Waals surface area (Å²) in [7, 11) is 2.03. The van der Waals surface area contributed by atoms with E-state index in [1.54, 1.807) is 11.3 Å². The highest BCUT2D eigenvalue weighted by Gasteiger charge is 2.24. The number of anilines is 1. The topological polar surface area (TPSA) is 31.4 Å². The second-order valence-electron chi connectivity index (χ2n) is 5.77. The molecule has 0 aliphatic carbocycles. The van der Waals surface area contributed by atoms with E-state index >= 15 is 0 Å². The molecule has 0 aromatic carbocycles. The van der Waals surface area contributed by atoms with E-state index in [4.69, 9.17) is 0 Å². The zero-order valence-corrected chi connectivity index (χ0v) is 12.5. The second kappa shape index (κ2) is 5.99. The van der Waals surface area contributed by atoms with Gasteiger partial charge in [-0.05, 0) is 12.5 Å². The Hall–Kier alpha value is -0.650. The van der Waals surface area contributed by atoms with Gasteiger partial charge in [-0.2, -0.15) is 0 Å². The summed E-state index contributed by atoms with van der Waals surface area (Å²) in [4.78, 5) is 9.35. The van der Waals surface area contributed by atoms with Crippen LogP contribution in [0.5, 0.6) is 0 Å². The monoisotopic (exact) mass is 268 g/mol. The van der Waals surface area contributed by atoms with Gasteiger partial charge < -0.3 is 10.2 Å². The second-order valence-corrected chi connectivity index (χ2v) is 6.65. The number of piperazine rings is 1. The summed E-state index contributed by atoms with van der Waals surface area (Å²) >= 11 is 1.74. The van der Waals surface area contributed by atoms with Gasteiger partial charge in [-0.15, -0.1) is 11.3 Å². The lowest BCUT2D eigenvalue weighted by atomic mass is 9.92. The predicted octanol–water partition coefficient (Wildman–Crippen LogP) is 1.51. The molecule has 0 radical (unpaired) electrons. The van der Waals surface area contributed by atoms with Gasteiger partial charge in [0.2, 0.25) is 0 Å². The Labute approximate surface area is 114 Å². The normalized spacial score (nSPS) is 18.3. The first kappa shape index (κ1) is 13.8. The number of rotatable bonds is 5. The summed E-state index contributed by atoms with van der Waals surface area (Å²) in [6.45, 7) is 11.4. The Morgan fingerprint density at radius 2 is 2.06 bits per heavy atom. The SMILES string of the molecule is CNCC(C)(C)CN1CCN(c2nccs2)CC1. The number of thiazole rings is 1. The zero-order valence-electron chi connectivity index (χ0n) is 11.6. The fraction of sp³-hybridized carbons (Fsp3) is 0.769. The average Bonchev–Trinajstić information content (AvgIpc) is 2.82. The van der Waals surface area contributed by atoms with Gasteiger partial charge in [0.15, 0.2) is 5.13 Å². The fourth-order valence-corrected chi connectivity index (χ4v) is 3.31. The molecule has 0 saturated carbocycles. The molecule has 1 aliphatic rings. The van der Waals surface area contributed by atoms with Crippen molar-refractivity contribution in [2.75, 3.05) is 51.2 Å². The summed E-state index contributed by atoms with van der Waals surface area (Å²) in [5, 5.41) is 6.51. The molecule has 4 nitrogen and oxygen atoms in total. The molecule has 0 unspecified atom stereocenters. The van der Waals surface area contributed by atoms with Crippen LogP contribution in [0, 0.1) is 5.41 Å². The van der Waals surface area contributed by atoms with Crippen molar-refractivity contribution in [2.24, 2.45) is 5.41 Å². The lowest BCUT2D eigenvalue weighted by molar-refractivity contribution is 0.168. The van der Waals surface area contributed by atoms with E-state index < -0.39 is 0 Å². The maximum atomic E-state index is 4.38. The van der Waals surface area contributed by atoms with E-state index in [1.165, 1.54) is 11.7 Å². The van der Waals surface area contributed by atoms with E-state index in [1.807, 2.05) is 13.2 Å². The van der Waals surface area contributed by atoms with Crippen molar-refractivity contribution < 1.29 is 0 Å². The lowest BCUT2D eigenvalue weighted by Gasteiger charge is -2.38. The molecule has 5 heteroatoms. The molecule has 1 aromatic heterocycles. The van der Waals surface area contributed by atoms with Crippen LogP contribution in [0.15, 0.2) is 11.6 Å². The zero-order chi connectivity index (χ0) is 13.0. The van der Waals surface area contributed by atoms with E-state index in [2.05, 4.69) is 39.3 Å². The molecular weight excluding hydrogens is 244 g/mol. The van der Waals surface area contributed by atoms with Gasteiger partial charge in [-0.3, -0.25) is 4.90 Å². The lowest BCUT2D eigenvalue weighted by Crippen LogP contribution is -2.50. The van der Waals surface area contributed by atoms with E-state index in [0.717, 1.165) is 32.7 Å². The minimum Gasteiger partial charge on any atom is -0.346 e. The first-order chi connectivity index (χ1) is 8.61. The first-order valence-electron chi connectivity index (χ1n) is 6.62. The summed E-state index contributed by atoms with van der Waals surface area (Å²) in [5.41, 5.74) is 0.345. The molecule has 2 rings (SSSR count). The number of hydrogen-bond donors (Lipinski definition) is 1. The maximum absolute atomic E-state index is 4.38. The Morgan fingerprint density at radius 3 is 2.61 bits per heavy atom. The Balaban J connectivity index is 1.80. The molecule has 18 heavy (non-hydrogen) atoms. The van der Waals surface area contributed by atoms with Gasteiger partial charge in [0, 0.05) is 50.8 Å². The molecule has 1 saturated heterocycles. The molecule has 1 aromatic rings. The van der Waals surface area contributed by atoms with Crippen molar-refractivity contribution in [3.63, 3.8) is 0 Å². The summed E-state index contributed by atoms with van der Waals surface area (Å²) in [5.74, 6) is 0. The van der Waals surface area contributed by atoms with Gasteiger partial charge in [0.05, 0.1) is 0 Å². The first-order valence-corrected chi connectivity index (χ1v) is 7.50. The Morgan fingerprint density at radius 1 is 1.33 bits per heavy atom. The number of aromatic nitrogens is 1. The van der Waals surface area contributed by atoms with Gasteiger partial charge in [-0.1, -0.05) is 13.8 Å². The van der Waals surface area contributed by atoms with Gasteiger partial charge in [0.1, 0.15) is 0 Å². The largest absolute Gasteiger partial charge is 0.346 e. The average molecular weight is 268 g/mol. The van der Waals surface area contributed by atoms with Crippen molar-refractivity contribution in [2.45, 2.75) is 13.8 Å². The number of nitrogens with one attached hydrogen (secondary N) is 1. The third-order valence-corrected chi connectivity index (χ3v) is 4.20. The third kappa shape index (κ3) is 3.67. The quantitative estimate of drug-likeness (QED) is 0.877. The summed E-state index contributed by atoms with van der Waals surface area (Å²) in [6.07, 6.45) is 1.89. The minimum absolute atomic E-state index is 0.345. The smallest absolute Gasteiger partial charge is 0.185 e. The van der Waals surface area contributed by atoms with Gasteiger partial charge >= 0.3 is 0 Å². The van der Waals surface area contributed by atoms with E-state index in [9.17, 15) is 0 Å². The van der Waals surface area contributed by atoms with Crippen LogP contribution in [0.1, 0.15) is 13.8 Å². The van der Waals surface area contributed by atoms with Crippen LogP contribution in [-0.4, -0.2) is 56.2 Å². The molecule has 1 fully saturated rings. The molecule has 0 bridgehead atoms. The predicted molar refractivity (Wildman–Crippen MR) is 78.5 cm³/mol. The van der Waals surface area contributed by atoms with Crippen molar-refractivity contribution in [3.05, 3.63) is 11.6 Å². The molecule has 0 amide bonds. The van der Waals surface area contributed by atoms with Crippen LogP contribution in [0.4, 0.5) is 5.13 Å². The van der Waals surface area contributed by atoms with Crippen LogP contribution < -0.4 is 10.2 Å². The van der Waals surface area contributed by atoms with Crippen LogP contribution in [-0.2, 0) is 0 Å². The van der Waals surface area contributed by atoms with E-state index in [-0.39, 0.29) is 0 Å². The van der Waals surface area contributed by atoms with Gasteiger partial charge in [-0.25, -0.2) is 4.98 Å². The molecule has 0 spiro atoms. The molecule has 2 heterocycles.